The minimum atomic E-state index is 0. The molecule has 5 nitrogen and oxygen atoms in total. The molecule has 0 fully saturated rings. The third-order valence-electron chi connectivity index (χ3n) is 3.75. The van der Waals surface area contributed by atoms with Crippen LogP contribution in [0.4, 0.5) is 0 Å². The van der Waals surface area contributed by atoms with E-state index in [9.17, 15) is 0 Å². The first-order valence-corrected chi connectivity index (χ1v) is 8.96. The van der Waals surface area contributed by atoms with Crippen molar-refractivity contribution in [1.29, 1.82) is 0 Å². The summed E-state index contributed by atoms with van der Waals surface area (Å²) in [6.45, 7) is 3.71. The van der Waals surface area contributed by atoms with E-state index < -0.39 is 0 Å². The quantitative estimate of drug-likeness (QED) is 0.379. The number of hydrogen-bond acceptors (Lipinski definition) is 4. The number of aryl methyl sites for hydroxylation is 1. The molecule has 2 aromatic rings. The van der Waals surface area contributed by atoms with Gasteiger partial charge in [-0.1, -0.05) is 25.1 Å². The predicted octanol–water partition coefficient (Wildman–Crippen LogP) is 3.58. The van der Waals surface area contributed by atoms with Crippen molar-refractivity contribution in [2.75, 3.05) is 27.7 Å². The van der Waals surface area contributed by atoms with Gasteiger partial charge in [0.05, 0.1) is 12.1 Å². The van der Waals surface area contributed by atoms with Crippen molar-refractivity contribution in [2.45, 2.75) is 26.3 Å². The van der Waals surface area contributed by atoms with Gasteiger partial charge >= 0.3 is 0 Å². The lowest BCUT2D eigenvalue weighted by molar-refractivity contribution is 0.396. The Hall–Kier alpha value is -1.35. The third-order valence-corrected chi connectivity index (χ3v) is 4.95. The third kappa shape index (κ3) is 6.47. The minimum absolute atomic E-state index is 0. The average Bonchev–Trinajstić information content (AvgIpc) is 3.07. The van der Waals surface area contributed by atoms with Crippen LogP contribution in [-0.4, -0.2) is 43.6 Å². The van der Waals surface area contributed by atoms with Gasteiger partial charge in [-0.25, -0.2) is 4.98 Å². The number of rotatable bonds is 7. The number of nitrogens with zero attached hydrogens (tertiary/aromatic N) is 3. The standard InChI is InChI=1S/C18H26N4OS.HI/c1-5-15-12-21-17(24-15)10-11-20-18(19-2)22(3)13-14-8-6-7-9-16(14)23-4;/h6-9,12H,5,10-11,13H2,1-4H3,(H,19,20);1H. The van der Waals surface area contributed by atoms with Crippen LogP contribution in [0.1, 0.15) is 22.4 Å². The molecule has 0 radical (unpaired) electrons. The Balaban J connectivity index is 0.00000312. The maximum absolute atomic E-state index is 5.42. The van der Waals surface area contributed by atoms with Crippen LogP contribution in [-0.2, 0) is 19.4 Å². The van der Waals surface area contributed by atoms with Gasteiger partial charge in [0.25, 0.3) is 0 Å². The van der Waals surface area contributed by atoms with Gasteiger partial charge in [-0.2, -0.15) is 0 Å². The Morgan fingerprint density at radius 1 is 1.36 bits per heavy atom. The van der Waals surface area contributed by atoms with Gasteiger partial charge in [-0.3, -0.25) is 4.99 Å². The van der Waals surface area contributed by atoms with E-state index in [1.165, 1.54) is 9.88 Å². The number of aliphatic imine (C=N–C) groups is 1. The number of nitrogens with one attached hydrogen (secondary N) is 1. The predicted molar refractivity (Wildman–Crippen MR) is 116 cm³/mol. The van der Waals surface area contributed by atoms with Crippen molar-refractivity contribution in [3.05, 3.63) is 45.9 Å². The van der Waals surface area contributed by atoms with Gasteiger partial charge in [0.15, 0.2) is 5.96 Å². The smallest absolute Gasteiger partial charge is 0.193 e. The second-order valence-corrected chi connectivity index (χ2v) is 6.67. The summed E-state index contributed by atoms with van der Waals surface area (Å²) in [7, 11) is 5.53. The first-order chi connectivity index (χ1) is 11.7. The van der Waals surface area contributed by atoms with Crippen molar-refractivity contribution in [1.82, 2.24) is 15.2 Å². The zero-order valence-electron chi connectivity index (χ0n) is 15.3. The van der Waals surface area contributed by atoms with Crippen molar-refractivity contribution in [3.8, 4) is 5.75 Å². The molecule has 1 N–H and O–H groups in total. The number of halogens is 1. The maximum atomic E-state index is 5.42. The molecule has 1 aromatic heterocycles. The molecule has 0 atom stereocenters. The molecule has 138 valence electrons. The molecule has 0 saturated carbocycles. The van der Waals surface area contributed by atoms with Crippen LogP contribution in [0.5, 0.6) is 5.75 Å². The van der Waals surface area contributed by atoms with Crippen molar-refractivity contribution >= 4 is 41.3 Å². The van der Waals surface area contributed by atoms with E-state index in [-0.39, 0.29) is 24.0 Å². The summed E-state index contributed by atoms with van der Waals surface area (Å²) in [6.07, 6.45) is 3.93. The minimum Gasteiger partial charge on any atom is -0.496 e. The topological polar surface area (TPSA) is 49.8 Å². The fourth-order valence-electron chi connectivity index (χ4n) is 2.46. The van der Waals surface area contributed by atoms with E-state index in [1.807, 2.05) is 31.4 Å². The lowest BCUT2D eigenvalue weighted by Gasteiger charge is -2.23. The van der Waals surface area contributed by atoms with Gasteiger partial charge < -0.3 is 15.0 Å². The molecule has 0 bridgehead atoms. The highest BCUT2D eigenvalue weighted by Gasteiger charge is 2.10. The lowest BCUT2D eigenvalue weighted by atomic mass is 10.2. The molecule has 0 saturated heterocycles. The largest absolute Gasteiger partial charge is 0.496 e. The number of ether oxygens (including phenoxy) is 1. The monoisotopic (exact) mass is 474 g/mol. The Kier molecular flexibility index (Phi) is 9.81. The Labute approximate surface area is 171 Å². The Morgan fingerprint density at radius 2 is 2.12 bits per heavy atom. The van der Waals surface area contributed by atoms with Crippen LogP contribution in [0.15, 0.2) is 35.5 Å². The van der Waals surface area contributed by atoms with E-state index in [1.54, 1.807) is 25.5 Å². The highest BCUT2D eigenvalue weighted by molar-refractivity contribution is 14.0. The van der Waals surface area contributed by atoms with Gasteiger partial charge in [-0.15, -0.1) is 35.3 Å². The van der Waals surface area contributed by atoms with Crippen molar-refractivity contribution < 1.29 is 4.74 Å². The molecule has 1 heterocycles. The number of hydrogen-bond donors (Lipinski definition) is 1. The summed E-state index contributed by atoms with van der Waals surface area (Å²) in [4.78, 5) is 12.2. The number of guanidine groups is 1. The van der Waals surface area contributed by atoms with Crippen LogP contribution in [0.25, 0.3) is 0 Å². The zero-order chi connectivity index (χ0) is 17.4. The van der Waals surface area contributed by atoms with E-state index in [2.05, 4.69) is 33.2 Å². The van der Waals surface area contributed by atoms with Crippen molar-refractivity contribution in [2.24, 2.45) is 4.99 Å². The maximum Gasteiger partial charge on any atom is 0.193 e. The summed E-state index contributed by atoms with van der Waals surface area (Å²) >= 11 is 1.79. The summed E-state index contributed by atoms with van der Waals surface area (Å²) in [5.41, 5.74) is 1.14. The molecule has 1 aromatic carbocycles. The summed E-state index contributed by atoms with van der Waals surface area (Å²) < 4.78 is 5.42. The summed E-state index contributed by atoms with van der Waals surface area (Å²) in [6, 6.07) is 8.06. The SMILES string of the molecule is CCc1cnc(CCNC(=NC)N(C)Cc2ccccc2OC)s1.I. The van der Waals surface area contributed by atoms with Crippen LogP contribution in [0.2, 0.25) is 0 Å². The number of para-hydroxylation sites is 1. The lowest BCUT2D eigenvalue weighted by Crippen LogP contribution is -2.39. The van der Waals surface area contributed by atoms with Crippen LogP contribution >= 0.6 is 35.3 Å². The molecule has 25 heavy (non-hydrogen) atoms. The molecule has 0 unspecified atom stereocenters. The second-order valence-electron chi connectivity index (χ2n) is 5.47. The highest BCUT2D eigenvalue weighted by Crippen LogP contribution is 2.18. The fourth-order valence-corrected chi connectivity index (χ4v) is 3.32. The van der Waals surface area contributed by atoms with Gasteiger partial charge in [0.1, 0.15) is 5.75 Å². The molecule has 0 aliphatic carbocycles. The molecular formula is C18H27IN4OS. The number of aromatic nitrogens is 1. The van der Waals surface area contributed by atoms with Gasteiger partial charge in [0.2, 0.25) is 0 Å². The van der Waals surface area contributed by atoms with E-state index >= 15 is 0 Å². The molecule has 7 heteroatoms. The summed E-state index contributed by atoms with van der Waals surface area (Å²) in [5.74, 6) is 1.77. The van der Waals surface area contributed by atoms with E-state index in [4.69, 9.17) is 4.74 Å². The van der Waals surface area contributed by atoms with Crippen molar-refractivity contribution in [3.63, 3.8) is 0 Å². The normalized spacial score (nSPS) is 11.0. The van der Waals surface area contributed by atoms with E-state index in [0.29, 0.717) is 0 Å². The fraction of sp³-hybridized carbons (Fsp3) is 0.444. The zero-order valence-corrected chi connectivity index (χ0v) is 18.4. The Morgan fingerprint density at radius 3 is 2.76 bits per heavy atom. The van der Waals surface area contributed by atoms with Crippen LogP contribution < -0.4 is 10.1 Å². The second kappa shape index (κ2) is 11.3. The number of thiazole rings is 1. The summed E-state index contributed by atoms with van der Waals surface area (Å²) in [5, 5.41) is 4.57. The number of benzene rings is 1. The highest BCUT2D eigenvalue weighted by atomic mass is 127. The van der Waals surface area contributed by atoms with Crippen LogP contribution in [0.3, 0.4) is 0 Å². The molecule has 0 aliphatic heterocycles. The molecule has 2 rings (SSSR count). The molecular weight excluding hydrogens is 447 g/mol. The first-order valence-electron chi connectivity index (χ1n) is 8.15. The van der Waals surface area contributed by atoms with Gasteiger partial charge in [-0.05, 0) is 12.5 Å². The van der Waals surface area contributed by atoms with Gasteiger partial charge in [0, 0.05) is 50.2 Å². The molecule has 0 aliphatic rings. The molecule has 0 spiro atoms. The number of methoxy groups -OCH3 is 1. The first kappa shape index (κ1) is 21.7. The Bertz CT molecular complexity index is 675. The molecule has 0 amide bonds. The van der Waals surface area contributed by atoms with E-state index in [0.717, 1.165) is 43.2 Å². The average molecular weight is 474 g/mol. The van der Waals surface area contributed by atoms with Crippen LogP contribution in [0, 0.1) is 0 Å².